The molecule has 0 aliphatic heterocycles. The van der Waals surface area contributed by atoms with E-state index in [1.807, 2.05) is 13.8 Å². The molecule has 0 amide bonds. The summed E-state index contributed by atoms with van der Waals surface area (Å²) in [6, 6.07) is 11.1. The van der Waals surface area contributed by atoms with Gasteiger partial charge in [-0.05, 0) is 32.4 Å². The van der Waals surface area contributed by atoms with Gasteiger partial charge in [-0.15, -0.1) is 0 Å². The lowest BCUT2D eigenvalue weighted by Gasteiger charge is -2.12. The molecule has 23 heavy (non-hydrogen) atoms. The maximum atomic E-state index is 12.1. The van der Waals surface area contributed by atoms with E-state index < -0.39 is 19.1 Å². The van der Waals surface area contributed by atoms with E-state index >= 15 is 0 Å². The first-order valence-electron chi connectivity index (χ1n) is 6.96. The smallest absolute Gasteiger partial charge is 0.383 e. The summed E-state index contributed by atoms with van der Waals surface area (Å²) in [5.41, 5.74) is 1.54. The highest BCUT2D eigenvalue weighted by Gasteiger charge is 2.36. The van der Waals surface area contributed by atoms with Gasteiger partial charge in [0.25, 0.3) is 5.52 Å². The van der Waals surface area contributed by atoms with Crippen LogP contribution < -0.4 is 0 Å². The van der Waals surface area contributed by atoms with E-state index in [1.165, 1.54) is 18.2 Å². The van der Waals surface area contributed by atoms with Gasteiger partial charge >= 0.3 is 13.6 Å². The van der Waals surface area contributed by atoms with Crippen molar-refractivity contribution in [3.8, 4) is 0 Å². The van der Waals surface area contributed by atoms with Crippen molar-refractivity contribution in [3.63, 3.8) is 0 Å². The van der Waals surface area contributed by atoms with E-state index in [0.29, 0.717) is 5.56 Å². The van der Waals surface area contributed by atoms with Crippen molar-refractivity contribution >= 4 is 19.1 Å². The fraction of sp³-hybridized carbons (Fsp3) is 0.176. The predicted molar refractivity (Wildman–Crippen MR) is 86.7 cm³/mol. The summed E-state index contributed by atoms with van der Waals surface area (Å²) in [7, 11) is -4.76. The first-order chi connectivity index (χ1) is 10.7. The van der Waals surface area contributed by atoms with Crippen LogP contribution >= 0.6 is 7.60 Å². The molecule has 0 spiro atoms. The fourth-order valence-electron chi connectivity index (χ4n) is 2.10. The van der Waals surface area contributed by atoms with Crippen LogP contribution in [-0.4, -0.2) is 16.4 Å². The molecule has 0 saturated carbocycles. The molecule has 5 nitrogen and oxygen atoms in total. The Balaban J connectivity index is 2.23. The van der Waals surface area contributed by atoms with Gasteiger partial charge < -0.3 is 9.42 Å². The van der Waals surface area contributed by atoms with E-state index in [-0.39, 0.29) is 11.1 Å². The topological polar surface area (TPSA) is 80.7 Å². The molecule has 0 heterocycles. The van der Waals surface area contributed by atoms with Crippen LogP contribution in [0.3, 0.4) is 0 Å². The lowest BCUT2D eigenvalue weighted by Crippen LogP contribution is -2.11. The lowest BCUT2D eigenvalue weighted by molar-refractivity contribution is 0.0699. The van der Waals surface area contributed by atoms with Crippen molar-refractivity contribution in [2.24, 2.45) is 0 Å². The second kappa shape index (κ2) is 6.49. The van der Waals surface area contributed by atoms with Crippen molar-refractivity contribution in [3.05, 3.63) is 70.3 Å². The molecule has 120 valence electrons. The Kier molecular flexibility index (Phi) is 4.83. The van der Waals surface area contributed by atoms with Gasteiger partial charge in [0.1, 0.15) is 0 Å². The summed E-state index contributed by atoms with van der Waals surface area (Å²) in [6.07, 6.45) is 0. The first-order valence-corrected chi connectivity index (χ1v) is 8.54. The quantitative estimate of drug-likeness (QED) is 0.862. The zero-order valence-corrected chi connectivity index (χ0v) is 14.0. The van der Waals surface area contributed by atoms with Gasteiger partial charge in [0.05, 0.1) is 5.56 Å². The normalized spacial score (nSPS) is 13.2. The highest BCUT2D eigenvalue weighted by Crippen LogP contribution is 2.46. The summed E-state index contributed by atoms with van der Waals surface area (Å²) < 4.78 is 16.7. The molecular weight excluding hydrogens is 315 g/mol. The summed E-state index contributed by atoms with van der Waals surface area (Å²) in [4.78, 5) is 34.0. The van der Waals surface area contributed by atoms with Crippen LogP contribution in [0.15, 0.2) is 42.5 Å². The van der Waals surface area contributed by atoms with Crippen LogP contribution in [0.25, 0.3) is 0 Å². The maximum Gasteiger partial charge on any atom is 0.450 e. The molecule has 0 radical (unpaired) electrons. The van der Waals surface area contributed by atoms with E-state index in [1.54, 1.807) is 31.2 Å². The fourth-order valence-corrected chi connectivity index (χ4v) is 2.99. The SMILES string of the molecule is Cc1ccc(C(=O)P(=O)(O)OC(=O)c2ccc(C)cc2C)cc1. The number of benzene rings is 2. The van der Waals surface area contributed by atoms with E-state index in [2.05, 4.69) is 4.52 Å². The Morgan fingerprint density at radius 2 is 1.52 bits per heavy atom. The Bertz CT molecular complexity index is 808. The second-order valence-electron chi connectivity index (χ2n) is 5.39. The van der Waals surface area contributed by atoms with Crippen molar-refractivity contribution in [1.29, 1.82) is 0 Å². The average molecular weight is 332 g/mol. The Hall–Kier alpha value is -2.23. The number of hydrogen-bond acceptors (Lipinski definition) is 4. The first kappa shape index (κ1) is 17.1. The largest absolute Gasteiger partial charge is 0.450 e. The average Bonchev–Trinajstić information content (AvgIpc) is 2.46. The molecule has 6 heteroatoms. The third-order valence-corrected chi connectivity index (χ3v) is 4.55. The van der Waals surface area contributed by atoms with Gasteiger partial charge in [-0.25, -0.2) is 9.36 Å². The highest BCUT2D eigenvalue weighted by molar-refractivity contribution is 7.72. The third-order valence-electron chi connectivity index (χ3n) is 3.36. The van der Waals surface area contributed by atoms with E-state index in [0.717, 1.165) is 11.1 Å². The number of carbonyl (C=O) groups excluding carboxylic acids is 2. The molecule has 2 aromatic carbocycles. The van der Waals surface area contributed by atoms with Crippen LogP contribution in [0.5, 0.6) is 0 Å². The molecule has 2 aromatic rings. The molecule has 1 unspecified atom stereocenters. The molecule has 0 saturated heterocycles. The van der Waals surface area contributed by atoms with Crippen molar-refractivity contribution in [1.82, 2.24) is 0 Å². The standard InChI is InChI=1S/C17H17O5P/c1-11-4-7-14(8-5-11)17(19)23(20,21)22-16(18)15-9-6-12(2)10-13(15)3/h4-10H,1-3H3,(H,20,21). The lowest BCUT2D eigenvalue weighted by atomic mass is 10.1. The van der Waals surface area contributed by atoms with Gasteiger partial charge in [0.2, 0.25) is 0 Å². The molecule has 2 rings (SSSR count). The van der Waals surface area contributed by atoms with Crippen LogP contribution in [0.2, 0.25) is 0 Å². The molecule has 0 aliphatic rings. The summed E-state index contributed by atoms with van der Waals surface area (Å²) in [6.45, 7) is 5.38. The zero-order valence-electron chi connectivity index (χ0n) is 13.1. The number of rotatable bonds is 4. The summed E-state index contributed by atoms with van der Waals surface area (Å²) in [5, 5.41) is 0. The number of carbonyl (C=O) groups is 2. The van der Waals surface area contributed by atoms with Gasteiger partial charge in [-0.2, -0.15) is 0 Å². The molecule has 0 bridgehead atoms. The van der Waals surface area contributed by atoms with Crippen LogP contribution in [0.4, 0.5) is 0 Å². The van der Waals surface area contributed by atoms with Gasteiger partial charge in [0, 0.05) is 5.56 Å². The third kappa shape index (κ3) is 3.95. The minimum atomic E-state index is -4.76. The maximum absolute atomic E-state index is 12.1. The molecular formula is C17H17O5P. The predicted octanol–water partition coefficient (Wildman–Crippen LogP) is 3.79. The minimum absolute atomic E-state index is 0.0230. The number of aryl methyl sites for hydroxylation is 3. The number of hydrogen-bond donors (Lipinski definition) is 1. The summed E-state index contributed by atoms with van der Waals surface area (Å²) in [5.74, 6) is -0.992. The summed E-state index contributed by atoms with van der Waals surface area (Å²) >= 11 is 0. The minimum Gasteiger partial charge on any atom is -0.383 e. The molecule has 1 atom stereocenters. The van der Waals surface area contributed by atoms with E-state index in [4.69, 9.17) is 0 Å². The zero-order chi connectivity index (χ0) is 17.2. The van der Waals surface area contributed by atoms with Crippen molar-refractivity contribution in [2.45, 2.75) is 20.8 Å². The Morgan fingerprint density at radius 1 is 0.957 bits per heavy atom. The van der Waals surface area contributed by atoms with Gasteiger partial charge in [-0.1, -0.05) is 47.5 Å². The molecule has 0 aliphatic carbocycles. The van der Waals surface area contributed by atoms with Gasteiger partial charge in [0.15, 0.2) is 0 Å². The van der Waals surface area contributed by atoms with Crippen LogP contribution in [-0.2, 0) is 9.09 Å². The monoisotopic (exact) mass is 332 g/mol. The Labute approximate surface area is 134 Å². The Morgan fingerprint density at radius 3 is 2.09 bits per heavy atom. The van der Waals surface area contributed by atoms with Gasteiger partial charge in [-0.3, -0.25) is 4.79 Å². The second-order valence-corrected chi connectivity index (χ2v) is 7.02. The van der Waals surface area contributed by atoms with Crippen molar-refractivity contribution in [2.75, 3.05) is 0 Å². The highest BCUT2D eigenvalue weighted by atomic mass is 31.2. The van der Waals surface area contributed by atoms with E-state index in [9.17, 15) is 19.0 Å². The molecule has 0 aromatic heterocycles. The molecule has 0 fully saturated rings. The van der Waals surface area contributed by atoms with Crippen LogP contribution in [0.1, 0.15) is 37.4 Å². The molecule has 1 N–H and O–H groups in total. The van der Waals surface area contributed by atoms with Crippen LogP contribution in [0, 0.1) is 20.8 Å². The van der Waals surface area contributed by atoms with Crippen molar-refractivity contribution < 1.29 is 23.6 Å².